The van der Waals surface area contributed by atoms with Crippen molar-refractivity contribution in [3.8, 4) is 11.5 Å². The van der Waals surface area contributed by atoms with Crippen LogP contribution in [0.1, 0.15) is 0 Å². The molecule has 0 bridgehead atoms. The second-order valence-corrected chi connectivity index (χ2v) is 2.11. The van der Waals surface area contributed by atoms with Crippen molar-refractivity contribution in [1.29, 1.82) is 0 Å². The molecule has 52 valence electrons. The molecule has 0 amide bonds. The molecule has 0 atom stereocenters. The summed E-state index contributed by atoms with van der Waals surface area (Å²) in [4.78, 5) is 0. The minimum absolute atomic E-state index is 0.00935. The van der Waals surface area contributed by atoms with Gasteiger partial charge in [0.25, 0.3) is 0 Å². The van der Waals surface area contributed by atoms with Gasteiger partial charge in [0.1, 0.15) is 11.5 Å². The van der Waals surface area contributed by atoms with E-state index in [1.54, 1.807) is 0 Å². The van der Waals surface area contributed by atoms with E-state index in [0.29, 0.717) is 10.4 Å². The summed E-state index contributed by atoms with van der Waals surface area (Å²) in [6.07, 6.45) is 0. The molecule has 0 saturated heterocycles. The van der Waals surface area contributed by atoms with Gasteiger partial charge in [-0.3, -0.25) is 0 Å². The number of aromatic hydroxyl groups is 2. The fraction of sp³-hybridized carbons (Fsp3) is 0. The highest BCUT2D eigenvalue weighted by Crippen LogP contribution is 2.04. The Morgan fingerprint density at radius 1 is 1.50 bits per heavy atom. The second kappa shape index (κ2) is 2.06. The monoisotopic (exact) mass is 136 g/mol. The molecule has 0 spiro atoms. The van der Waals surface area contributed by atoms with Crippen LogP contribution in [0.4, 0.5) is 0 Å². The third kappa shape index (κ3) is 0.957. The van der Waals surface area contributed by atoms with E-state index in [1.165, 1.54) is 12.1 Å². The van der Waals surface area contributed by atoms with E-state index in [4.69, 9.17) is 10.2 Å². The summed E-state index contributed by atoms with van der Waals surface area (Å²) < 4.78 is 0. The molecule has 0 saturated carbocycles. The molecule has 1 aromatic carbocycles. The van der Waals surface area contributed by atoms with Crippen LogP contribution in [0.2, 0.25) is 0 Å². The Morgan fingerprint density at radius 2 is 2.10 bits per heavy atom. The summed E-state index contributed by atoms with van der Waals surface area (Å²) in [5.74, 6) is -0.0187. The van der Waals surface area contributed by atoms with Crippen LogP contribution >= 0.6 is 0 Å². The minimum Gasteiger partial charge on any atom is -0.507 e. The predicted octanol–water partition coefficient (Wildman–Crippen LogP) is -0.0816. The molecule has 2 N–H and O–H groups in total. The average molecular weight is 136 g/mol. The molecule has 0 heterocycles. The van der Waals surface area contributed by atoms with Crippen molar-refractivity contribution >= 4 is 13.2 Å². The van der Waals surface area contributed by atoms with Crippen LogP contribution in [0.5, 0.6) is 11.5 Å². The quantitative estimate of drug-likeness (QED) is 0.490. The molecule has 0 fully saturated rings. The highest BCUT2D eigenvalue weighted by molar-refractivity contribution is 5.36. The zero-order valence-corrected chi connectivity index (χ0v) is 5.46. The maximum absolute atomic E-state index is 8.97. The average Bonchev–Trinajstić information content (AvgIpc) is 1.84. The predicted molar refractivity (Wildman–Crippen MR) is 40.1 cm³/mol. The smallest absolute Gasteiger partial charge is 0.125 e. The Labute approximate surface area is 58.4 Å². The summed E-state index contributed by atoms with van der Waals surface area (Å²) in [5.41, 5.74) is 0. The molecule has 0 radical (unpaired) electrons. The highest BCUT2D eigenvalue weighted by Gasteiger charge is 1.93. The summed E-state index contributed by atoms with van der Waals surface area (Å²) >= 11 is 0. The van der Waals surface area contributed by atoms with E-state index in [0.717, 1.165) is 0 Å². The zero-order chi connectivity index (χ0) is 7.72. The van der Waals surface area contributed by atoms with Crippen molar-refractivity contribution in [1.82, 2.24) is 0 Å². The second-order valence-electron chi connectivity index (χ2n) is 2.11. The van der Waals surface area contributed by atoms with Crippen LogP contribution in [0, 0.1) is 0 Å². The van der Waals surface area contributed by atoms with E-state index >= 15 is 0 Å². The molecular weight excluding hydrogens is 128 g/mol. The van der Waals surface area contributed by atoms with Gasteiger partial charge >= 0.3 is 0 Å². The van der Waals surface area contributed by atoms with E-state index in [-0.39, 0.29) is 11.5 Å². The molecule has 2 heteroatoms. The molecule has 2 nitrogen and oxygen atoms in total. The molecule has 0 unspecified atom stereocenters. The van der Waals surface area contributed by atoms with Crippen LogP contribution in [0.25, 0.3) is 13.2 Å². The Hall–Kier alpha value is -1.44. The standard InChI is InChI=1S/C8H8O2/c1-5-3-6(2)8(10)4-7(5)9/h3-4,9-10H,1-2H2. The van der Waals surface area contributed by atoms with E-state index < -0.39 is 0 Å². The number of benzene rings is 1. The van der Waals surface area contributed by atoms with Crippen molar-refractivity contribution < 1.29 is 10.2 Å². The van der Waals surface area contributed by atoms with E-state index in [9.17, 15) is 0 Å². The molecule has 0 aliphatic carbocycles. The van der Waals surface area contributed by atoms with Crippen molar-refractivity contribution in [3.63, 3.8) is 0 Å². The molecule has 0 aliphatic heterocycles. The van der Waals surface area contributed by atoms with Crippen molar-refractivity contribution in [2.45, 2.75) is 0 Å². The van der Waals surface area contributed by atoms with Gasteiger partial charge in [-0.05, 0) is 6.07 Å². The van der Waals surface area contributed by atoms with Crippen LogP contribution in [0.15, 0.2) is 12.1 Å². The van der Waals surface area contributed by atoms with Gasteiger partial charge in [0.05, 0.1) is 0 Å². The Bertz CT molecular complexity index is 310. The van der Waals surface area contributed by atoms with Gasteiger partial charge in [0.15, 0.2) is 0 Å². The van der Waals surface area contributed by atoms with Crippen molar-refractivity contribution in [2.24, 2.45) is 0 Å². The fourth-order valence-electron chi connectivity index (χ4n) is 0.673. The van der Waals surface area contributed by atoms with Gasteiger partial charge in [-0.1, -0.05) is 13.2 Å². The number of phenols is 2. The van der Waals surface area contributed by atoms with Gasteiger partial charge in [-0.15, -0.1) is 0 Å². The Balaban J connectivity index is 3.59. The first-order valence-corrected chi connectivity index (χ1v) is 2.81. The molecular formula is C8H8O2. The van der Waals surface area contributed by atoms with Crippen LogP contribution in [-0.2, 0) is 0 Å². The fourth-order valence-corrected chi connectivity index (χ4v) is 0.673. The topological polar surface area (TPSA) is 40.5 Å². The summed E-state index contributed by atoms with van der Waals surface area (Å²) in [5, 5.41) is 18.9. The number of rotatable bonds is 0. The maximum atomic E-state index is 8.97. The summed E-state index contributed by atoms with van der Waals surface area (Å²) in [7, 11) is 0. The lowest BCUT2D eigenvalue weighted by molar-refractivity contribution is 0.445. The van der Waals surface area contributed by atoms with Crippen LogP contribution in [-0.4, -0.2) is 10.2 Å². The largest absolute Gasteiger partial charge is 0.507 e. The van der Waals surface area contributed by atoms with Gasteiger partial charge in [0.2, 0.25) is 0 Å². The van der Waals surface area contributed by atoms with Gasteiger partial charge in [-0.25, -0.2) is 0 Å². The molecule has 0 aromatic heterocycles. The first-order chi connectivity index (χ1) is 4.61. The zero-order valence-electron chi connectivity index (χ0n) is 5.46. The third-order valence-corrected chi connectivity index (χ3v) is 1.28. The normalized spacial score (nSPS) is 9.60. The Morgan fingerprint density at radius 3 is 2.60 bits per heavy atom. The minimum atomic E-state index is -0.00935. The third-order valence-electron chi connectivity index (χ3n) is 1.28. The van der Waals surface area contributed by atoms with Crippen molar-refractivity contribution in [2.75, 3.05) is 0 Å². The van der Waals surface area contributed by atoms with Crippen LogP contribution in [0.3, 0.4) is 0 Å². The summed E-state index contributed by atoms with van der Waals surface area (Å²) in [6.45, 7) is 7.04. The first kappa shape index (κ1) is 6.68. The van der Waals surface area contributed by atoms with E-state index in [2.05, 4.69) is 13.2 Å². The Kier molecular flexibility index (Phi) is 1.38. The highest BCUT2D eigenvalue weighted by atomic mass is 16.3. The van der Waals surface area contributed by atoms with Crippen molar-refractivity contribution in [3.05, 3.63) is 22.6 Å². The molecule has 1 rings (SSSR count). The maximum Gasteiger partial charge on any atom is 0.125 e. The number of hydrogen-bond acceptors (Lipinski definition) is 2. The molecule has 0 aliphatic rings. The number of hydrogen-bond donors (Lipinski definition) is 2. The number of phenolic OH excluding ortho intramolecular Hbond substituents is 2. The van der Waals surface area contributed by atoms with Gasteiger partial charge in [0, 0.05) is 16.5 Å². The lowest BCUT2D eigenvalue weighted by Crippen LogP contribution is -2.08. The summed E-state index contributed by atoms with van der Waals surface area (Å²) in [6, 6.07) is 2.75. The molecule has 1 aromatic rings. The first-order valence-electron chi connectivity index (χ1n) is 2.81. The lowest BCUT2D eigenvalue weighted by Gasteiger charge is -1.94. The van der Waals surface area contributed by atoms with E-state index in [1.807, 2.05) is 0 Å². The lowest BCUT2D eigenvalue weighted by atomic mass is 10.2. The van der Waals surface area contributed by atoms with Crippen LogP contribution < -0.4 is 10.4 Å². The molecule has 10 heavy (non-hydrogen) atoms. The SMILES string of the molecule is C=c1[cH-]c(=C)[c+](O)cc1O. The van der Waals surface area contributed by atoms with Gasteiger partial charge in [-0.2, -0.15) is 0 Å². The van der Waals surface area contributed by atoms with Gasteiger partial charge < -0.3 is 10.2 Å².